The highest BCUT2D eigenvalue weighted by molar-refractivity contribution is 6.31. The number of imide groups is 1. The van der Waals surface area contributed by atoms with Crippen LogP contribution in [0.2, 0.25) is 0 Å². The summed E-state index contributed by atoms with van der Waals surface area (Å²) >= 11 is 0. The van der Waals surface area contributed by atoms with Crippen LogP contribution in [-0.4, -0.2) is 142 Å². The highest BCUT2D eigenvalue weighted by Gasteiger charge is 2.50. The second-order valence-electron chi connectivity index (χ2n) is 15.7. The maximum atomic E-state index is 14.7. The predicted octanol–water partition coefficient (Wildman–Crippen LogP) is 1.13. The summed E-state index contributed by atoms with van der Waals surface area (Å²) in [6, 6.07) is 6.45. The molecule has 3 heterocycles. The van der Waals surface area contributed by atoms with Gasteiger partial charge in [0.15, 0.2) is 18.4 Å². The summed E-state index contributed by atoms with van der Waals surface area (Å²) in [5.74, 6) is -6.75. The molecule has 0 spiro atoms. The smallest absolute Gasteiger partial charge is 0.271 e. The van der Waals surface area contributed by atoms with E-state index in [1.54, 1.807) is 6.92 Å². The minimum Gasteiger partial charge on any atom is -0.507 e. The standard InChI is InChI=1S/C43H43FN4O15/c1-19-37(52)25(47-9-10-61-32(17-47)60-3)14-31(62-19)63-27-16-43(58,28(18-49)45-46-42(57)20-11-21(44)13-22(12-20)48-29(50)7-8-30(48)51)15-24-34(27)41(56)36-35(39(24)54)38(53)23-5-4-6-26(59-2)33(23)40(36)55/h4-8,11-13,19,25,27,31-32,37,49,52,54,56,58H,9-10,14-18H2,1-3H3,(H,46,57)/b45-28+/t19-,25?,27-,31-,32-,37+,43-/m0/s1. The number of morpholine rings is 1. The van der Waals surface area contributed by atoms with Gasteiger partial charge in [0.2, 0.25) is 5.78 Å². The second kappa shape index (κ2) is 17.0. The van der Waals surface area contributed by atoms with Gasteiger partial charge in [0.05, 0.1) is 66.7 Å². The number of phenols is 2. The van der Waals surface area contributed by atoms with Crippen LogP contribution in [0.5, 0.6) is 17.2 Å². The Morgan fingerprint density at radius 3 is 2.44 bits per heavy atom. The van der Waals surface area contributed by atoms with E-state index in [1.807, 2.05) is 4.90 Å². The Morgan fingerprint density at radius 2 is 1.75 bits per heavy atom. The van der Waals surface area contributed by atoms with E-state index < -0.39 is 131 Å². The molecule has 3 amide bonds. The van der Waals surface area contributed by atoms with Crippen molar-refractivity contribution in [2.45, 2.75) is 68.7 Å². The number of methoxy groups -OCH3 is 2. The molecule has 2 aliphatic carbocycles. The summed E-state index contributed by atoms with van der Waals surface area (Å²) in [4.78, 5) is 68.8. The first-order valence-electron chi connectivity index (χ1n) is 19.9. The number of carbonyl (C=O) groups excluding carboxylic acids is 5. The van der Waals surface area contributed by atoms with Crippen molar-refractivity contribution < 1.29 is 77.6 Å². The number of halogens is 1. The largest absolute Gasteiger partial charge is 0.507 e. The lowest BCUT2D eigenvalue weighted by Gasteiger charge is -2.47. The van der Waals surface area contributed by atoms with Crippen LogP contribution >= 0.6 is 0 Å². The van der Waals surface area contributed by atoms with E-state index in [1.165, 1.54) is 32.4 Å². The highest BCUT2D eigenvalue weighted by Crippen LogP contribution is 2.53. The predicted molar refractivity (Wildman–Crippen MR) is 214 cm³/mol. The number of anilines is 1. The number of aliphatic hydroxyl groups excluding tert-OH is 2. The molecule has 1 unspecified atom stereocenters. The zero-order valence-corrected chi connectivity index (χ0v) is 34.1. The van der Waals surface area contributed by atoms with Crippen LogP contribution in [0.25, 0.3) is 0 Å². The van der Waals surface area contributed by atoms with Gasteiger partial charge < -0.3 is 49.2 Å². The molecule has 63 heavy (non-hydrogen) atoms. The third kappa shape index (κ3) is 7.67. The number of rotatable bonds is 10. The van der Waals surface area contributed by atoms with Crippen molar-refractivity contribution in [3.8, 4) is 17.2 Å². The zero-order chi connectivity index (χ0) is 45.1. The summed E-state index contributed by atoms with van der Waals surface area (Å²) in [6.07, 6.45) is -4.31. The van der Waals surface area contributed by atoms with Crippen LogP contribution in [0.4, 0.5) is 10.1 Å². The topological polar surface area (TPSA) is 264 Å². The van der Waals surface area contributed by atoms with Gasteiger partial charge in [-0.15, -0.1) is 0 Å². The van der Waals surface area contributed by atoms with Gasteiger partial charge in [-0.1, -0.05) is 12.1 Å². The van der Waals surface area contributed by atoms with Crippen molar-refractivity contribution in [1.82, 2.24) is 10.3 Å². The number of carbonyl (C=O) groups is 5. The summed E-state index contributed by atoms with van der Waals surface area (Å²) < 4.78 is 43.8. The maximum Gasteiger partial charge on any atom is 0.271 e. The first-order valence-corrected chi connectivity index (χ1v) is 19.9. The van der Waals surface area contributed by atoms with Crippen molar-refractivity contribution in [2.24, 2.45) is 5.10 Å². The average Bonchev–Trinajstić information content (AvgIpc) is 3.61. The summed E-state index contributed by atoms with van der Waals surface area (Å²) in [7, 11) is 2.79. The molecule has 0 saturated carbocycles. The Hall–Kier alpha value is -5.97. The highest BCUT2D eigenvalue weighted by atomic mass is 19.1. The van der Waals surface area contributed by atoms with Crippen LogP contribution < -0.4 is 15.1 Å². The summed E-state index contributed by atoms with van der Waals surface area (Å²) in [5, 5.41) is 62.5. The lowest BCUT2D eigenvalue weighted by Crippen LogP contribution is -2.59. The number of ketones is 2. The van der Waals surface area contributed by atoms with Gasteiger partial charge in [-0.05, 0) is 31.2 Å². The molecule has 3 aromatic carbocycles. The van der Waals surface area contributed by atoms with Crippen molar-refractivity contribution in [2.75, 3.05) is 45.4 Å². The summed E-state index contributed by atoms with van der Waals surface area (Å²) in [6.45, 7) is 1.64. The molecule has 332 valence electrons. The van der Waals surface area contributed by atoms with Crippen LogP contribution in [0.1, 0.15) is 79.2 Å². The van der Waals surface area contributed by atoms with E-state index in [4.69, 9.17) is 23.7 Å². The fourth-order valence-corrected chi connectivity index (χ4v) is 8.95. The molecule has 5 aliphatic rings. The van der Waals surface area contributed by atoms with Gasteiger partial charge in [0, 0.05) is 79.9 Å². The van der Waals surface area contributed by atoms with Gasteiger partial charge in [-0.3, -0.25) is 28.9 Å². The van der Waals surface area contributed by atoms with Crippen LogP contribution in [0.15, 0.2) is 53.7 Å². The second-order valence-corrected chi connectivity index (χ2v) is 15.7. The summed E-state index contributed by atoms with van der Waals surface area (Å²) in [5.41, 5.74) is -3.17. The molecule has 2 fully saturated rings. The van der Waals surface area contributed by atoms with E-state index >= 15 is 0 Å². The van der Waals surface area contributed by atoms with E-state index in [9.17, 15) is 53.9 Å². The number of hydrogen-bond donors (Lipinski definition) is 6. The molecule has 6 N–H and O–H groups in total. The van der Waals surface area contributed by atoms with Gasteiger partial charge in [-0.25, -0.2) is 14.7 Å². The normalized spacial score (nSPS) is 27.3. The fourth-order valence-electron chi connectivity index (χ4n) is 8.95. The SMILES string of the molecule is COc1cccc2c1C(=O)c1c(O)c3c(c(O)c1C2=O)C[C@@](O)(/C(CO)=N/NC(=O)c1cc(F)cc(N2C(=O)C=CC2=O)c1)C[C@@H]3O[C@H]1CC(N2CCO[C@H](OC)C2)[C@H](O)[C@H](C)O1. The number of aliphatic hydroxyl groups is 3. The molecule has 2 saturated heterocycles. The van der Waals surface area contributed by atoms with Gasteiger partial charge >= 0.3 is 0 Å². The van der Waals surface area contributed by atoms with Gasteiger partial charge in [-0.2, -0.15) is 5.10 Å². The number of nitrogens with one attached hydrogen (secondary N) is 1. The number of phenolic OH excluding ortho intramolecular Hbond substituents is 2. The van der Waals surface area contributed by atoms with Gasteiger partial charge in [0.1, 0.15) is 28.7 Å². The molecule has 7 atom stereocenters. The fraction of sp³-hybridized carbons (Fsp3) is 0.395. The van der Waals surface area contributed by atoms with Crippen LogP contribution in [0.3, 0.4) is 0 Å². The van der Waals surface area contributed by atoms with E-state index in [-0.39, 0.29) is 40.1 Å². The lowest BCUT2D eigenvalue weighted by molar-refractivity contribution is -0.265. The number of fused-ring (bicyclic) bond motifs is 3. The van der Waals surface area contributed by atoms with Crippen molar-refractivity contribution in [3.63, 3.8) is 0 Å². The maximum absolute atomic E-state index is 14.7. The Labute approximate surface area is 357 Å². The monoisotopic (exact) mass is 874 g/mol. The average molecular weight is 875 g/mol. The molecule has 3 aliphatic heterocycles. The zero-order valence-electron chi connectivity index (χ0n) is 34.1. The number of hydrazone groups is 1. The number of benzene rings is 3. The van der Waals surface area contributed by atoms with Crippen molar-refractivity contribution in [3.05, 3.63) is 93.3 Å². The molecule has 20 heteroatoms. The Bertz CT molecular complexity index is 2480. The number of aromatic hydroxyl groups is 2. The molecule has 19 nitrogen and oxygen atoms in total. The Kier molecular flexibility index (Phi) is 11.8. The lowest BCUT2D eigenvalue weighted by atomic mass is 9.71. The molecule has 8 rings (SSSR count). The number of hydrogen-bond acceptors (Lipinski definition) is 17. The molecule has 0 bridgehead atoms. The van der Waals surface area contributed by atoms with Crippen molar-refractivity contribution >= 4 is 40.7 Å². The van der Waals surface area contributed by atoms with Gasteiger partial charge in [0.25, 0.3) is 17.7 Å². The number of amides is 3. The number of nitrogens with zero attached hydrogens (tertiary/aromatic N) is 3. The van der Waals surface area contributed by atoms with Crippen molar-refractivity contribution in [1.29, 1.82) is 0 Å². The van der Waals surface area contributed by atoms with Crippen LogP contribution in [0, 0.1) is 5.82 Å². The van der Waals surface area contributed by atoms with Crippen LogP contribution in [-0.2, 0) is 35.0 Å². The minimum absolute atomic E-state index is 0.0309. The molecule has 3 aromatic rings. The third-order valence-corrected chi connectivity index (χ3v) is 12.1. The minimum atomic E-state index is -2.34. The molecular formula is C43H43FN4O15. The Morgan fingerprint density at radius 1 is 1.02 bits per heavy atom. The molecule has 0 radical (unpaired) electrons. The Balaban J connectivity index is 1.18. The first-order chi connectivity index (χ1) is 30.1. The first kappa shape index (κ1) is 43.7. The quantitative estimate of drug-likeness (QED) is 0.0565. The molecular weight excluding hydrogens is 831 g/mol. The number of ether oxygens (including phenoxy) is 5. The van der Waals surface area contributed by atoms with E-state index in [0.29, 0.717) is 24.6 Å². The third-order valence-electron chi connectivity index (χ3n) is 12.1. The van der Waals surface area contributed by atoms with E-state index in [0.717, 1.165) is 30.4 Å². The van der Waals surface area contributed by atoms with E-state index in [2.05, 4.69) is 10.5 Å². The molecule has 0 aromatic heterocycles.